The molecule has 1 atom stereocenters. The number of benzene rings is 3. The third kappa shape index (κ3) is 4.53. The van der Waals surface area contributed by atoms with Crippen LogP contribution in [-0.2, 0) is 15.0 Å². The minimum Gasteiger partial charge on any atom is -0.507 e. The molecular weight excluding hydrogens is 448 g/mol. The summed E-state index contributed by atoms with van der Waals surface area (Å²) in [5.74, 6) is -1.48. The Morgan fingerprint density at radius 3 is 2.06 bits per heavy atom. The Morgan fingerprint density at radius 2 is 1.50 bits per heavy atom. The quantitative estimate of drug-likeness (QED) is 0.270. The van der Waals surface area contributed by atoms with Crippen LogP contribution in [0.25, 0.3) is 5.76 Å². The minimum absolute atomic E-state index is 0.0448. The summed E-state index contributed by atoms with van der Waals surface area (Å²) in [5.41, 5.74) is 5.92. The van der Waals surface area contributed by atoms with E-state index in [2.05, 4.69) is 20.8 Å². The summed E-state index contributed by atoms with van der Waals surface area (Å²) in [6.07, 6.45) is 0. The molecule has 3 aromatic rings. The van der Waals surface area contributed by atoms with E-state index in [0.717, 1.165) is 27.9 Å². The molecule has 186 valence electrons. The van der Waals surface area contributed by atoms with Crippen LogP contribution in [0.4, 0.5) is 11.4 Å². The Hall–Kier alpha value is -3.86. The van der Waals surface area contributed by atoms with Crippen molar-refractivity contribution in [3.05, 3.63) is 100 Å². The zero-order chi connectivity index (χ0) is 26.4. The van der Waals surface area contributed by atoms with Crippen molar-refractivity contribution < 1.29 is 14.7 Å². The first-order valence-corrected chi connectivity index (χ1v) is 12.2. The first-order valence-electron chi connectivity index (χ1n) is 12.2. The molecule has 0 radical (unpaired) electrons. The van der Waals surface area contributed by atoms with Gasteiger partial charge in [0.05, 0.1) is 11.6 Å². The predicted octanol–water partition coefficient (Wildman–Crippen LogP) is 6.29. The van der Waals surface area contributed by atoms with Gasteiger partial charge in [0.1, 0.15) is 5.76 Å². The van der Waals surface area contributed by atoms with Gasteiger partial charge in [-0.1, -0.05) is 62.7 Å². The lowest BCUT2D eigenvalue weighted by atomic mass is 9.87. The van der Waals surface area contributed by atoms with Crippen molar-refractivity contribution >= 4 is 28.8 Å². The number of rotatable bonds is 4. The average molecular weight is 483 g/mol. The van der Waals surface area contributed by atoms with E-state index in [4.69, 9.17) is 0 Å². The van der Waals surface area contributed by atoms with E-state index in [0.29, 0.717) is 11.3 Å². The third-order valence-electron chi connectivity index (χ3n) is 6.83. The molecule has 1 amide bonds. The molecule has 0 bridgehead atoms. The normalized spacial score (nSPS) is 17.5. The van der Waals surface area contributed by atoms with Crippen molar-refractivity contribution in [3.8, 4) is 0 Å². The van der Waals surface area contributed by atoms with Crippen LogP contribution in [0.15, 0.2) is 72.3 Å². The Labute approximate surface area is 213 Å². The van der Waals surface area contributed by atoms with Gasteiger partial charge in [-0.05, 0) is 66.3 Å². The second-order valence-corrected chi connectivity index (χ2v) is 10.8. The lowest BCUT2D eigenvalue weighted by molar-refractivity contribution is -0.132. The second-order valence-electron chi connectivity index (χ2n) is 10.8. The molecule has 0 aromatic heterocycles. The van der Waals surface area contributed by atoms with Gasteiger partial charge in [-0.3, -0.25) is 14.5 Å². The maximum atomic E-state index is 13.5. The average Bonchev–Trinajstić information content (AvgIpc) is 3.10. The summed E-state index contributed by atoms with van der Waals surface area (Å²) in [4.78, 5) is 30.4. The van der Waals surface area contributed by atoms with E-state index in [9.17, 15) is 14.7 Å². The number of Topliss-reactive ketones (excluding diaryl/α,β-unsaturated/α-hetero) is 1. The molecule has 1 unspecified atom stereocenters. The highest BCUT2D eigenvalue weighted by atomic mass is 16.3. The number of carbonyl (C=O) groups is 2. The van der Waals surface area contributed by atoms with Crippen LogP contribution >= 0.6 is 0 Å². The van der Waals surface area contributed by atoms with Crippen molar-refractivity contribution in [1.82, 2.24) is 0 Å². The van der Waals surface area contributed by atoms with Gasteiger partial charge in [0.25, 0.3) is 11.7 Å². The van der Waals surface area contributed by atoms with Gasteiger partial charge in [-0.25, -0.2) is 0 Å². The highest BCUT2D eigenvalue weighted by molar-refractivity contribution is 6.51. The van der Waals surface area contributed by atoms with Crippen LogP contribution in [0.2, 0.25) is 0 Å². The number of aryl methyl sites for hydroxylation is 2. The molecule has 5 heteroatoms. The van der Waals surface area contributed by atoms with Crippen molar-refractivity contribution in [2.24, 2.45) is 0 Å². The summed E-state index contributed by atoms with van der Waals surface area (Å²) in [6, 6.07) is 20.5. The summed E-state index contributed by atoms with van der Waals surface area (Å²) in [7, 11) is 3.91. The highest BCUT2D eigenvalue weighted by Crippen LogP contribution is 2.43. The van der Waals surface area contributed by atoms with Gasteiger partial charge in [0.15, 0.2) is 0 Å². The molecular formula is C31H34N2O3. The number of anilines is 2. The van der Waals surface area contributed by atoms with Crippen molar-refractivity contribution in [3.63, 3.8) is 0 Å². The number of carbonyl (C=O) groups excluding carboxylic acids is 2. The molecule has 1 aliphatic heterocycles. The number of aliphatic hydroxyl groups is 1. The molecule has 0 aliphatic carbocycles. The summed E-state index contributed by atoms with van der Waals surface area (Å²) < 4.78 is 0. The molecule has 1 aliphatic rings. The first kappa shape index (κ1) is 25.2. The van der Waals surface area contributed by atoms with Gasteiger partial charge < -0.3 is 10.0 Å². The number of amides is 1. The molecule has 4 rings (SSSR count). The fourth-order valence-corrected chi connectivity index (χ4v) is 4.63. The van der Waals surface area contributed by atoms with E-state index in [1.165, 1.54) is 4.90 Å². The molecule has 0 spiro atoms. The van der Waals surface area contributed by atoms with Gasteiger partial charge in [-0.15, -0.1) is 0 Å². The van der Waals surface area contributed by atoms with Gasteiger partial charge in [0, 0.05) is 31.0 Å². The van der Waals surface area contributed by atoms with Gasteiger partial charge in [0.2, 0.25) is 0 Å². The molecule has 1 N–H and O–H groups in total. The maximum Gasteiger partial charge on any atom is 0.300 e. The van der Waals surface area contributed by atoms with Crippen LogP contribution < -0.4 is 9.80 Å². The van der Waals surface area contributed by atoms with Crippen LogP contribution in [0.3, 0.4) is 0 Å². The van der Waals surface area contributed by atoms with Crippen LogP contribution in [-0.4, -0.2) is 30.9 Å². The molecule has 1 heterocycles. The van der Waals surface area contributed by atoms with Crippen molar-refractivity contribution in [1.29, 1.82) is 0 Å². The summed E-state index contributed by atoms with van der Waals surface area (Å²) in [6.45, 7) is 10.2. The van der Waals surface area contributed by atoms with E-state index in [1.807, 2.05) is 99.6 Å². The number of hydrogen-bond donors (Lipinski definition) is 1. The van der Waals surface area contributed by atoms with Crippen molar-refractivity contribution in [2.45, 2.75) is 46.1 Å². The Kier molecular flexibility index (Phi) is 6.52. The van der Waals surface area contributed by atoms with E-state index < -0.39 is 17.7 Å². The Morgan fingerprint density at radius 1 is 0.889 bits per heavy atom. The largest absolute Gasteiger partial charge is 0.507 e. The van der Waals surface area contributed by atoms with E-state index >= 15 is 0 Å². The zero-order valence-electron chi connectivity index (χ0n) is 22.1. The van der Waals surface area contributed by atoms with Gasteiger partial charge in [-0.2, -0.15) is 0 Å². The summed E-state index contributed by atoms with van der Waals surface area (Å²) >= 11 is 0. The number of hydrogen-bond acceptors (Lipinski definition) is 4. The smallest absolute Gasteiger partial charge is 0.300 e. The van der Waals surface area contributed by atoms with E-state index in [1.54, 1.807) is 0 Å². The maximum absolute atomic E-state index is 13.5. The molecule has 1 fully saturated rings. The fraction of sp³-hybridized carbons (Fsp3) is 0.290. The van der Waals surface area contributed by atoms with E-state index in [-0.39, 0.29) is 16.7 Å². The second kappa shape index (κ2) is 9.30. The summed E-state index contributed by atoms with van der Waals surface area (Å²) in [5, 5.41) is 11.5. The number of nitrogens with zero attached hydrogens (tertiary/aromatic N) is 2. The minimum atomic E-state index is -0.749. The lowest BCUT2D eigenvalue weighted by Gasteiger charge is -2.27. The number of aliphatic hydroxyl groups excluding tert-OH is 1. The first-order chi connectivity index (χ1) is 16.9. The standard InChI is InChI=1S/C31H34N2O3/c1-19-8-9-20(2)25(18-19)28(34)26-27(21-10-14-23(15-11-21)32(6)7)33(30(36)29(26)35)24-16-12-22(13-17-24)31(3,4)5/h8-18,27,34H,1-7H3/b28-26+. The van der Waals surface area contributed by atoms with Crippen molar-refractivity contribution in [2.75, 3.05) is 23.9 Å². The fourth-order valence-electron chi connectivity index (χ4n) is 4.63. The molecule has 5 nitrogen and oxygen atoms in total. The van der Waals surface area contributed by atoms with Gasteiger partial charge >= 0.3 is 0 Å². The highest BCUT2D eigenvalue weighted by Gasteiger charge is 2.47. The van der Waals surface area contributed by atoms with Crippen LogP contribution in [0.1, 0.15) is 54.6 Å². The number of ketones is 1. The Balaban J connectivity index is 1.93. The third-order valence-corrected chi connectivity index (χ3v) is 6.83. The molecule has 36 heavy (non-hydrogen) atoms. The zero-order valence-corrected chi connectivity index (χ0v) is 22.1. The molecule has 3 aromatic carbocycles. The lowest BCUT2D eigenvalue weighted by Crippen LogP contribution is -2.29. The molecule has 1 saturated heterocycles. The SMILES string of the molecule is Cc1ccc(C)c(/C(O)=C2\C(=O)C(=O)N(c3ccc(C(C)(C)C)cc3)C2c2ccc(N(C)C)cc2)c1. The van der Waals surface area contributed by atoms with Crippen LogP contribution in [0.5, 0.6) is 0 Å². The molecule has 0 saturated carbocycles. The monoisotopic (exact) mass is 482 g/mol. The topological polar surface area (TPSA) is 60.9 Å². The Bertz CT molecular complexity index is 1340. The predicted molar refractivity (Wildman–Crippen MR) is 147 cm³/mol. The van der Waals surface area contributed by atoms with Crippen LogP contribution in [0, 0.1) is 13.8 Å².